The van der Waals surface area contributed by atoms with Gasteiger partial charge in [0.05, 0.1) is 27.9 Å². The van der Waals surface area contributed by atoms with Crippen LogP contribution in [0.4, 0.5) is 28.9 Å². The number of rotatable bonds is 15. The third-order valence-electron chi connectivity index (χ3n) is 12.0. The summed E-state index contributed by atoms with van der Waals surface area (Å²) < 4.78 is 59.7. The molecule has 4 aromatic carbocycles. The summed E-state index contributed by atoms with van der Waals surface area (Å²) in [6.07, 6.45) is 3.39. The zero-order valence-electron chi connectivity index (χ0n) is 34.6. The zero-order chi connectivity index (χ0) is 44.4. The first-order valence-electron chi connectivity index (χ1n) is 21.3. The molecule has 63 heavy (non-hydrogen) atoms. The number of piperidine rings is 1. The third-order valence-corrected chi connectivity index (χ3v) is 12.0. The maximum atomic E-state index is 15.7. The number of hydrogen-bond acceptors (Lipinski definition) is 7. The van der Waals surface area contributed by atoms with E-state index < -0.39 is 41.3 Å². The molecule has 1 aliphatic carbocycles. The molecule has 3 N–H and O–H groups in total. The van der Waals surface area contributed by atoms with Crippen LogP contribution in [0.25, 0.3) is 22.0 Å². The molecule has 2 aliphatic heterocycles. The Balaban J connectivity index is 0.897. The van der Waals surface area contributed by atoms with Crippen molar-refractivity contribution in [1.29, 1.82) is 0 Å². The smallest absolute Gasteiger partial charge is 0.352 e. The molecule has 3 heterocycles. The van der Waals surface area contributed by atoms with Crippen LogP contribution in [0, 0.1) is 5.82 Å². The number of aryl methyl sites for hydroxylation is 1. The van der Waals surface area contributed by atoms with Crippen molar-refractivity contribution in [1.82, 2.24) is 25.8 Å². The minimum Gasteiger partial charge on any atom is -0.352 e. The van der Waals surface area contributed by atoms with Gasteiger partial charge in [-0.3, -0.25) is 34.3 Å². The summed E-state index contributed by atoms with van der Waals surface area (Å²) in [6.45, 7) is 0.598. The molecule has 326 valence electrons. The van der Waals surface area contributed by atoms with Gasteiger partial charge in [0.2, 0.25) is 11.8 Å². The monoisotopic (exact) mass is 862 g/mol. The lowest BCUT2D eigenvalue weighted by Gasteiger charge is -2.29. The van der Waals surface area contributed by atoms with E-state index in [-0.39, 0.29) is 64.0 Å². The molecule has 15 heteroatoms. The summed E-state index contributed by atoms with van der Waals surface area (Å²) in [7, 11) is 1.71. The number of alkyl halides is 3. The summed E-state index contributed by atoms with van der Waals surface area (Å²) in [5.41, 5.74) is 1.98. The second-order valence-electron chi connectivity index (χ2n) is 16.4. The second kappa shape index (κ2) is 18.0. The lowest BCUT2D eigenvalue weighted by Crippen LogP contribution is -2.52. The summed E-state index contributed by atoms with van der Waals surface area (Å²) in [5, 5.41) is 8.25. The number of halogens is 4. The van der Waals surface area contributed by atoms with E-state index in [1.807, 2.05) is 30.3 Å². The van der Waals surface area contributed by atoms with Crippen LogP contribution < -0.4 is 20.9 Å². The molecule has 0 spiro atoms. The SMILES string of the molecule is CN(c1ccccc1)c1c(C(=O)NC2CC2)cnc2cc(C(F)(F)F)c(-c3ccc(C(=O)NCCCCCCCc4cccc5c4CN(C4CCC(=O)NC4=O)C5=O)c(F)c3)cc12. The zero-order valence-corrected chi connectivity index (χ0v) is 34.6. The number of carbonyl (C=O) groups is 5. The summed E-state index contributed by atoms with van der Waals surface area (Å²) >= 11 is 0. The van der Waals surface area contributed by atoms with Gasteiger partial charge in [-0.25, -0.2) is 4.39 Å². The Bertz CT molecular complexity index is 2610. The fraction of sp³-hybridized carbons (Fsp3) is 0.333. The first-order valence-corrected chi connectivity index (χ1v) is 21.3. The molecular formula is C48H46F4N6O5. The van der Waals surface area contributed by atoms with Crippen molar-refractivity contribution in [3.8, 4) is 11.1 Å². The Morgan fingerprint density at radius 2 is 1.62 bits per heavy atom. The summed E-state index contributed by atoms with van der Waals surface area (Å²) in [6, 6.07) is 19.6. The molecule has 0 bridgehead atoms. The van der Waals surface area contributed by atoms with Gasteiger partial charge in [-0.1, -0.05) is 55.7 Å². The highest BCUT2D eigenvalue weighted by Gasteiger charge is 2.40. The highest BCUT2D eigenvalue weighted by atomic mass is 19.4. The van der Waals surface area contributed by atoms with Gasteiger partial charge in [0.1, 0.15) is 11.9 Å². The number of benzene rings is 4. The van der Waals surface area contributed by atoms with Crippen molar-refractivity contribution in [2.75, 3.05) is 18.5 Å². The molecule has 1 atom stereocenters. The van der Waals surface area contributed by atoms with E-state index in [2.05, 4.69) is 20.9 Å². The van der Waals surface area contributed by atoms with Crippen LogP contribution in [0.3, 0.4) is 0 Å². The van der Waals surface area contributed by atoms with Crippen LogP contribution >= 0.6 is 0 Å². The number of pyridine rings is 1. The minimum absolute atomic E-state index is 0.000404. The van der Waals surface area contributed by atoms with Gasteiger partial charge >= 0.3 is 6.18 Å². The molecule has 1 unspecified atom stereocenters. The molecule has 0 radical (unpaired) electrons. The molecular weight excluding hydrogens is 817 g/mol. The van der Waals surface area contributed by atoms with E-state index in [9.17, 15) is 37.1 Å². The second-order valence-corrected chi connectivity index (χ2v) is 16.4. The average Bonchev–Trinajstić information content (AvgIpc) is 4.02. The van der Waals surface area contributed by atoms with E-state index in [1.54, 1.807) is 35.0 Å². The maximum absolute atomic E-state index is 15.7. The van der Waals surface area contributed by atoms with Crippen molar-refractivity contribution in [3.63, 3.8) is 0 Å². The number of unbranched alkanes of at least 4 members (excludes halogenated alkanes) is 4. The lowest BCUT2D eigenvalue weighted by atomic mass is 9.94. The average molecular weight is 863 g/mol. The Kier molecular flexibility index (Phi) is 12.3. The highest BCUT2D eigenvalue weighted by molar-refractivity contribution is 6.10. The Labute approximate surface area is 361 Å². The number of para-hydroxylation sites is 1. The largest absolute Gasteiger partial charge is 0.417 e. The van der Waals surface area contributed by atoms with Crippen molar-refractivity contribution in [3.05, 3.63) is 124 Å². The van der Waals surface area contributed by atoms with Crippen LogP contribution in [0.15, 0.2) is 85.1 Å². The van der Waals surface area contributed by atoms with Crippen LogP contribution in [-0.2, 0) is 28.7 Å². The number of amides is 5. The van der Waals surface area contributed by atoms with E-state index in [0.717, 1.165) is 68.2 Å². The fourth-order valence-electron chi connectivity index (χ4n) is 8.52. The lowest BCUT2D eigenvalue weighted by molar-refractivity contribution is -0.138. The van der Waals surface area contributed by atoms with Crippen molar-refractivity contribution >= 4 is 51.8 Å². The molecule has 1 saturated heterocycles. The van der Waals surface area contributed by atoms with Crippen molar-refractivity contribution in [2.24, 2.45) is 0 Å². The van der Waals surface area contributed by atoms with Gasteiger partial charge in [0.25, 0.3) is 17.7 Å². The first-order chi connectivity index (χ1) is 30.3. The van der Waals surface area contributed by atoms with Crippen LogP contribution in [0.2, 0.25) is 0 Å². The maximum Gasteiger partial charge on any atom is 0.417 e. The number of fused-ring (bicyclic) bond motifs is 2. The normalized spacial score (nSPS) is 16.2. The van der Waals surface area contributed by atoms with E-state index in [4.69, 9.17) is 0 Å². The molecule has 1 saturated carbocycles. The molecule has 8 rings (SSSR count). The topological polar surface area (TPSA) is 141 Å². The van der Waals surface area contributed by atoms with E-state index in [0.29, 0.717) is 36.3 Å². The van der Waals surface area contributed by atoms with E-state index in [1.165, 1.54) is 24.4 Å². The molecule has 11 nitrogen and oxygen atoms in total. The minimum atomic E-state index is -4.84. The Morgan fingerprint density at radius 1 is 0.857 bits per heavy atom. The van der Waals surface area contributed by atoms with Crippen molar-refractivity contribution in [2.45, 2.75) is 89.0 Å². The third kappa shape index (κ3) is 9.28. The number of hydrogen-bond donors (Lipinski definition) is 3. The molecule has 5 aromatic rings. The summed E-state index contributed by atoms with van der Waals surface area (Å²) in [4.78, 5) is 71.3. The molecule has 2 fully saturated rings. The number of imide groups is 1. The number of nitrogens with zero attached hydrogens (tertiary/aromatic N) is 3. The van der Waals surface area contributed by atoms with Crippen LogP contribution in [0.5, 0.6) is 0 Å². The number of carbonyl (C=O) groups excluding carboxylic acids is 5. The molecule has 5 amide bonds. The van der Waals surface area contributed by atoms with Gasteiger partial charge in [-0.05, 0) is 103 Å². The number of nitrogens with one attached hydrogen (secondary N) is 3. The molecule has 1 aromatic heterocycles. The fourth-order valence-corrected chi connectivity index (χ4v) is 8.52. The quantitative estimate of drug-likeness (QED) is 0.0546. The van der Waals surface area contributed by atoms with Gasteiger partial charge in [0.15, 0.2) is 0 Å². The van der Waals surface area contributed by atoms with Gasteiger partial charge in [-0.2, -0.15) is 13.2 Å². The predicted octanol–water partition coefficient (Wildman–Crippen LogP) is 8.40. The van der Waals surface area contributed by atoms with E-state index >= 15 is 4.39 Å². The predicted molar refractivity (Wildman–Crippen MR) is 229 cm³/mol. The number of anilines is 2. The summed E-state index contributed by atoms with van der Waals surface area (Å²) in [5.74, 6) is -3.05. The van der Waals surface area contributed by atoms with Crippen molar-refractivity contribution < 1.29 is 41.5 Å². The molecule has 3 aliphatic rings. The van der Waals surface area contributed by atoms with Crippen LogP contribution in [-0.4, -0.2) is 65.1 Å². The Hall–Kier alpha value is -6.64. The number of aromatic nitrogens is 1. The standard InChI is InChI=1S/C48H46F4N6O5/c1-57(31-13-7-5-8-14-31)43-35-24-34(38(48(50,51)52)25-40(35)54-26-36(43)45(61)55-30-17-18-30)29-16-19-33(39(49)23-29)44(60)53-22-9-4-2-3-6-11-28-12-10-15-32-37(28)27-58(47(32)63)41-20-21-42(59)56-46(41)62/h5,7-8,10,12-16,19,23-26,30,41H,2-4,6,9,11,17-18,20-22,27H2,1H3,(H,53,60)(H,55,61)(H,56,59,62). The highest BCUT2D eigenvalue weighted by Crippen LogP contribution is 2.43. The van der Waals surface area contributed by atoms with Gasteiger partial charge in [0, 0.05) is 55.4 Å². The first kappa shape index (κ1) is 43.0. The van der Waals surface area contributed by atoms with Gasteiger partial charge in [-0.15, -0.1) is 0 Å². The van der Waals surface area contributed by atoms with Gasteiger partial charge < -0.3 is 20.4 Å². The Morgan fingerprint density at radius 3 is 2.35 bits per heavy atom. The van der Waals surface area contributed by atoms with Crippen LogP contribution in [0.1, 0.15) is 106 Å².